The van der Waals surface area contributed by atoms with E-state index in [0.29, 0.717) is 17.8 Å². The number of hydrogen-bond acceptors (Lipinski definition) is 6. The molecule has 0 radical (unpaired) electrons. The van der Waals surface area contributed by atoms with E-state index in [1.54, 1.807) is 16.7 Å². The number of amides is 1. The number of carboxylic acid groups (broad SMARTS) is 1. The first kappa shape index (κ1) is 25.4. The van der Waals surface area contributed by atoms with Crippen molar-refractivity contribution in [3.05, 3.63) is 34.1 Å². The number of nitrogens with one attached hydrogen (secondary N) is 1. The molecule has 9 nitrogen and oxygen atoms in total. The number of benzene rings is 1. The van der Waals surface area contributed by atoms with E-state index in [2.05, 4.69) is 10.2 Å². The van der Waals surface area contributed by atoms with Gasteiger partial charge in [-0.15, -0.1) is 0 Å². The van der Waals surface area contributed by atoms with Crippen molar-refractivity contribution >= 4 is 28.7 Å². The van der Waals surface area contributed by atoms with Crippen molar-refractivity contribution in [2.24, 2.45) is 5.92 Å². The quantitative estimate of drug-likeness (QED) is 0.591. The van der Waals surface area contributed by atoms with Gasteiger partial charge in [0.05, 0.1) is 29.7 Å². The number of hydrogen-bond donors (Lipinski definition) is 2. The van der Waals surface area contributed by atoms with Gasteiger partial charge in [-0.25, -0.2) is 14.0 Å². The van der Waals surface area contributed by atoms with Crippen molar-refractivity contribution in [3.8, 4) is 5.75 Å². The van der Waals surface area contributed by atoms with Crippen LogP contribution in [0.25, 0.3) is 10.9 Å². The third kappa shape index (κ3) is 4.51. The smallest absolute Gasteiger partial charge is 0.408 e. The lowest BCUT2D eigenvalue weighted by atomic mass is 9.67. The molecule has 1 aliphatic heterocycles. The molecular weight excluding hydrogens is 481 g/mol. The predicted octanol–water partition coefficient (Wildman–Crippen LogP) is 4.26. The molecule has 0 unspecified atom stereocenters. The fourth-order valence-corrected chi connectivity index (χ4v) is 5.84. The van der Waals surface area contributed by atoms with Crippen LogP contribution in [0.15, 0.2) is 23.1 Å². The molecule has 2 aromatic rings. The average molecular weight is 516 g/mol. The third-order valence-electron chi connectivity index (χ3n) is 7.91. The van der Waals surface area contributed by atoms with E-state index in [9.17, 15) is 23.9 Å². The summed E-state index contributed by atoms with van der Waals surface area (Å²) >= 11 is 0. The van der Waals surface area contributed by atoms with Gasteiger partial charge in [0.15, 0.2) is 5.75 Å². The molecule has 5 rings (SSSR count). The highest BCUT2D eigenvalue weighted by Gasteiger charge is 2.48. The number of nitrogens with zero attached hydrogens (tertiary/aromatic N) is 2. The normalized spacial score (nSPS) is 24.5. The van der Waals surface area contributed by atoms with Crippen LogP contribution in [0, 0.1) is 5.92 Å². The molecule has 10 heteroatoms. The van der Waals surface area contributed by atoms with Gasteiger partial charge >= 0.3 is 12.1 Å². The minimum Gasteiger partial charge on any atom is -0.492 e. The van der Waals surface area contributed by atoms with E-state index in [4.69, 9.17) is 9.47 Å². The number of aromatic nitrogens is 1. The number of rotatable bonds is 6. The largest absolute Gasteiger partial charge is 0.492 e. The second-order valence-electron chi connectivity index (χ2n) is 11.5. The first-order chi connectivity index (χ1) is 17.4. The number of carbonyl (C=O) groups is 2. The van der Waals surface area contributed by atoms with Gasteiger partial charge < -0.3 is 29.4 Å². The molecule has 37 heavy (non-hydrogen) atoms. The Bertz CT molecular complexity index is 1310. The summed E-state index contributed by atoms with van der Waals surface area (Å²) in [6.45, 7) is 6.92. The number of alkyl carbamates (subject to hydrolysis) is 1. The molecule has 0 bridgehead atoms. The van der Waals surface area contributed by atoms with E-state index in [-0.39, 0.29) is 28.8 Å². The Morgan fingerprint density at radius 3 is 2.49 bits per heavy atom. The number of methoxy groups -OCH3 is 1. The van der Waals surface area contributed by atoms with Crippen LogP contribution >= 0.6 is 0 Å². The molecule has 2 heterocycles. The number of aromatic carboxylic acids is 1. The summed E-state index contributed by atoms with van der Waals surface area (Å²) in [5, 5.41) is 12.9. The number of alkyl halides is 1. The summed E-state index contributed by atoms with van der Waals surface area (Å²) in [6.07, 6.45) is 3.66. The molecule has 1 amide bonds. The molecule has 1 aromatic heterocycles. The van der Waals surface area contributed by atoms with E-state index < -0.39 is 35.3 Å². The average Bonchev–Trinajstić information content (AvgIpc) is 3.31. The predicted molar refractivity (Wildman–Crippen MR) is 137 cm³/mol. The van der Waals surface area contributed by atoms with Crippen LogP contribution < -0.4 is 20.4 Å². The number of carbonyl (C=O) groups excluding carboxylic acids is 1. The molecular formula is C27H34FN3O6. The number of ether oxygens (including phenoxy) is 2. The second-order valence-corrected chi connectivity index (χ2v) is 11.5. The van der Waals surface area contributed by atoms with Crippen molar-refractivity contribution < 1.29 is 28.6 Å². The summed E-state index contributed by atoms with van der Waals surface area (Å²) in [4.78, 5) is 39.4. The first-order valence-corrected chi connectivity index (χ1v) is 12.8. The number of carboxylic acids is 1. The first-order valence-electron chi connectivity index (χ1n) is 12.8. The fraction of sp³-hybridized carbons (Fsp3) is 0.593. The molecule has 1 aromatic carbocycles. The Balaban J connectivity index is 1.48. The molecule has 2 saturated carbocycles. The second kappa shape index (κ2) is 8.92. The monoisotopic (exact) mass is 515 g/mol. The zero-order chi connectivity index (χ0) is 26.7. The third-order valence-corrected chi connectivity index (χ3v) is 7.91. The molecule has 1 saturated heterocycles. The van der Waals surface area contributed by atoms with Crippen LogP contribution in [0.1, 0.15) is 69.3 Å². The van der Waals surface area contributed by atoms with Crippen LogP contribution in [-0.4, -0.2) is 59.2 Å². The van der Waals surface area contributed by atoms with Crippen molar-refractivity contribution in [2.75, 3.05) is 25.1 Å². The maximum Gasteiger partial charge on any atom is 0.408 e. The molecule has 0 spiro atoms. The Hall–Kier alpha value is -3.30. The molecule has 2 N–H and O–H groups in total. The highest BCUT2D eigenvalue weighted by Crippen LogP contribution is 2.47. The summed E-state index contributed by atoms with van der Waals surface area (Å²) in [6, 6.07) is 2.85. The van der Waals surface area contributed by atoms with Crippen LogP contribution in [0.3, 0.4) is 0 Å². The van der Waals surface area contributed by atoms with Gasteiger partial charge in [-0.05, 0) is 58.6 Å². The summed E-state index contributed by atoms with van der Waals surface area (Å²) < 4.78 is 27.0. The minimum absolute atomic E-state index is 0.192. The number of halogens is 1. The topological polar surface area (TPSA) is 110 Å². The van der Waals surface area contributed by atoms with E-state index in [1.165, 1.54) is 13.3 Å². The Morgan fingerprint density at radius 2 is 1.95 bits per heavy atom. The maximum absolute atomic E-state index is 14.2. The highest BCUT2D eigenvalue weighted by molar-refractivity contribution is 5.97. The van der Waals surface area contributed by atoms with Gasteiger partial charge in [-0.1, -0.05) is 0 Å². The molecule has 3 aliphatic rings. The molecule has 3 atom stereocenters. The van der Waals surface area contributed by atoms with Gasteiger partial charge in [0.2, 0.25) is 5.43 Å². The van der Waals surface area contributed by atoms with Crippen LogP contribution in [0.2, 0.25) is 0 Å². The van der Waals surface area contributed by atoms with Crippen LogP contribution in [-0.2, 0) is 4.74 Å². The van der Waals surface area contributed by atoms with Crippen LogP contribution in [0.5, 0.6) is 5.75 Å². The van der Waals surface area contributed by atoms with Gasteiger partial charge in [-0.3, -0.25) is 4.79 Å². The zero-order valence-electron chi connectivity index (χ0n) is 21.7. The van der Waals surface area contributed by atoms with Crippen LogP contribution in [0.4, 0.5) is 14.9 Å². The molecule has 3 fully saturated rings. The number of fused-ring (bicyclic) bond motifs is 1. The lowest BCUT2D eigenvalue weighted by molar-refractivity contribution is 0.0289. The van der Waals surface area contributed by atoms with Gasteiger partial charge in [0.1, 0.15) is 17.3 Å². The fourth-order valence-electron chi connectivity index (χ4n) is 5.84. The van der Waals surface area contributed by atoms with E-state index in [0.717, 1.165) is 37.9 Å². The summed E-state index contributed by atoms with van der Waals surface area (Å²) in [5.41, 5.74) is -0.733. The Labute approximate surface area is 214 Å². The lowest BCUT2D eigenvalue weighted by Gasteiger charge is -2.47. The van der Waals surface area contributed by atoms with Crippen molar-refractivity contribution in [2.45, 2.75) is 76.2 Å². The zero-order valence-corrected chi connectivity index (χ0v) is 21.7. The Kier molecular flexibility index (Phi) is 6.11. The standard InChI is InChI=1S/C27H34FN3O6/c1-26(2,3)37-25(35)29-27(9-5-10-27)15-8-11-30(13-15)19-7-6-16-21(23(19)36-4)31(20-12-18(20)28)14-17(22(16)32)24(33)34/h6-7,14-15,18,20H,5,8-13H2,1-4H3,(H,29,35)(H,33,34)/t15-,18+,20-/m1/s1. The lowest BCUT2D eigenvalue weighted by Crippen LogP contribution is -2.59. The van der Waals surface area contributed by atoms with Gasteiger partial charge in [0.25, 0.3) is 0 Å². The van der Waals surface area contributed by atoms with Crippen molar-refractivity contribution in [1.82, 2.24) is 9.88 Å². The van der Waals surface area contributed by atoms with Crippen molar-refractivity contribution in [1.29, 1.82) is 0 Å². The highest BCUT2D eigenvalue weighted by atomic mass is 19.1. The van der Waals surface area contributed by atoms with E-state index >= 15 is 0 Å². The van der Waals surface area contributed by atoms with Crippen molar-refractivity contribution in [3.63, 3.8) is 0 Å². The summed E-state index contributed by atoms with van der Waals surface area (Å²) in [5.74, 6) is -0.719. The number of anilines is 1. The number of pyridine rings is 1. The van der Waals surface area contributed by atoms with E-state index in [1.807, 2.05) is 20.8 Å². The molecule has 200 valence electrons. The summed E-state index contributed by atoms with van der Waals surface area (Å²) in [7, 11) is 1.50. The van der Waals surface area contributed by atoms with Gasteiger partial charge in [-0.2, -0.15) is 0 Å². The SMILES string of the molecule is COc1c(N2CC[C@@H](C3(NC(=O)OC(C)(C)C)CCC3)C2)ccc2c(=O)c(C(=O)O)cn([C@@H]3C[C@@H]3F)c12. The van der Waals surface area contributed by atoms with Gasteiger partial charge in [0, 0.05) is 37.2 Å². The Morgan fingerprint density at radius 1 is 1.24 bits per heavy atom. The maximum atomic E-state index is 14.2. The minimum atomic E-state index is -1.34. The molecule has 2 aliphatic carbocycles.